The van der Waals surface area contributed by atoms with Crippen molar-refractivity contribution in [2.45, 2.75) is 38.6 Å². The topological polar surface area (TPSA) is 21.3 Å². The van der Waals surface area contributed by atoms with Gasteiger partial charge in [-0.25, -0.2) is 0 Å². The molecule has 0 amide bonds. The van der Waals surface area contributed by atoms with E-state index in [0.717, 1.165) is 25.5 Å². The maximum Gasteiger partial charge on any atom is 0.127 e. The molecule has 0 aromatic heterocycles. The zero-order chi connectivity index (χ0) is 13.8. The summed E-state index contributed by atoms with van der Waals surface area (Å²) in [6.07, 6.45) is 5.08. The van der Waals surface area contributed by atoms with E-state index >= 15 is 0 Å². The van der Waals surface area contributed by atoms with Crippen molar-refractivity contribution in [3.05, 3.63) is 29.3 Å². The van der Waals surface area contributed by atoms with Gasteiger partial charge in [-0.05, 0) is 48.8 Å². The smallest absolute Gasteiger partial charge is 0.127 e. The monoisotopic (exact) mass is 291 g/mol. The van der Waals surface area contributed by atoms with Crippen LogP contribution in [0.4, 0.5) is 0 Å². The van der Waals surface area contributed by atoms with Crippen molar-refractivity contribution in [2.75, 3.05) is 24.7 Å². The first-order chi connectivity index (χ1) is 9.88. The summed E-state index contributed by atoms with van der Waals surface area (Å²) in [5, 5.41) is 3.69. The average molecular weight is 291 g/mol. The van der Waals surface area contributed by atoms with Gasteiger partial charge in [-0.2, -0.15) is 11.8 Å². The van der Waals surface area contributed by atoms with Crippen LogP contribution >= 0.6 is 11.8 Å². The number of rotatable bonds is 5. The predicted molar refractivity (Wildman–Crippen MR) is 86.7 cm³/mol. The molecule has 3 rings (SSSR count). The lowest BCUT2D eigenvalue weighted by molar-refractivity contribution is 0.334. The summed E-state index contributed by atoms with van der Waals surface area (Å²) in [4.78, 5) is 0. The number of para-hydroxylation sites is 1. The third-order valence-electron chi connectivity index (χ3n) is 4.48. The van der Waals surface area contributed by atoms with E-state index in [2.05, 4.69) is 42.2 Å². The molecule has 1 N–H and O–H groups in total. The molecule has 0 spiro atoms. The van der Waals surface area contributed by atoms with Gasteiger partial charge in [0, 0.05) is 18.0 Å². The molecule has 1 saturated heterocycles. The van der Waals surface area contributed by atoms with Gasteiger partial charge >= 0.3 is 0 Å². The number of benzene rings is 1. The SMILES string of the molecule is CCNC(CC1CCSCC1)c1cccc2c1OCC2. The third kappa shape index (κ3) is 3.15. The van der Waals surface area contributed by atoms with E-state index in [9.17, 15) is 0 Å². The van der Waals surface area contributed by atoms with Crippen molar-refractivity contribution in [3.8, 4) is 5.75 Å². The molecule has 1 aromatic rings. The summed E-state index contributed by atoms with van der Waals surface area (Å²) in [5.74, 6) is 4.72. The number of thioether (sulfide) groups is 1. The second-order valence-electron chi connectivity index (χ2n) is 5.84. The van der Waals surface area contributed by atoms with Crippen molar-refractivity contribution in [1.82, 2.24) is 5.32 Å². The molecule has 110 valence electrons. The molecule has 20 heavy (non-hydrogen) atoms. The minimum Gasteiger partial charge on any atom is -0.493 e. The van der Waals surface area contributed by atoms with Gasteiger partial charge in [0.05, 0.1) is 6.61 Å². The van der Waals surface area contributed by atoms with E-state index in [1.165, 1.54) is 47.6 Å². The van der Waals surface area contributed by atoms with Crippen LogP contribution < -0.4 is 10.1 Å². The molecular weight excluding hydrogens is 266 g/mol. The van der Waals surface area contributed by atoms with Gasteiger partial charge in [0.15, 0.2) is 0 Å². The summed E-state index contributed by atoms with van der Waals surface area (Å²) in [7, 11) is 0. The number of nitrogens with one attached hydrogen (secondary N) is 1. The second kappa shape index (κ2) is 6.86. The summed E-state index contributed by atoms with van der Waals surface area (Å²) in [6, 6.07) is 7.13. The molecule has 0 bridgehead atoms. The van der Waals surface area contributed by atoms with Crippen LogP contribution in [0.15, 0.2) is 18.2 Å². The molecule has 2 heterocycles. The zero-order valence-corrected chi connectivity index (χ0v) is 13.2. The van der Waals surface area contributed by atoms with Gasteiger partial charge < -0.3 is 10.1 Å². The summed E-state index contributed by atoms with van der Waals surface area (Å²) >= 11 is 2.11. The molecule has 0 aliphatic carbocycles. The van der Waals surface area contributed by atoms with Crippen molar-refractivity contribution >= 4 is 11.8 Å². The zero-order valence-electron chi connectivity index (χ0n) is 12.4. The molecule has 3 heteroatoms. The minimum absolute atomic E-state index is 0.459. The van der Waals surface area contributed by atoms with Gasteiger partial charge in [0.1, 0.15) is 5.75 Å². The van der Waals surface area contributed by atoms with Gasteiger partial charge in [-0.3, -0.25) is 0 Å². The van der Waals surface area contributed by atoms with E-state index in [-0.39, 0.29) is 0 Å². The quantitative estimate of drug-likeness (QED) is 0.891. The average Bonchev–Trinajstić information content (AvgIpc) is 2.96. The van der Waals surface area contributed by atoms with Crippen LogP contribution in [0, 0.1) is 5.92 Å². The molecular formula is C17H25NOS. The second-order valence-corrected chi connectivity index (χ2v) is 7.06. The summed E-state index contributed by atoms with van der Waals surface area (Å²) in [5.41, 5.74) is 2.78. The highest BCUT2D eigenvalue weighted by Gasteiger charge is 2.25. The molecule has 1 fully saturated rings. The summed E-state index contributed by atoms with van der Waals surface area (Å²) in [6.45, 7) is 4.08. The first-order valence-electron chi connectivity index (χ1n) is 7.94. The highest BCUT2D eigenvalue weighted by atomic mass is 32.2. The fraction of sp³-hybridized carbons (Fsp3) is 0.647. The first-order valence-corrected chi connectivity index (χ1v) is 9.09. The fourth-order valence-electron chi connectivity index (χ4n) is 3.40. The first kappa shape index (κ1) is 14.3. The molecule has 0 radical (unpaired) electrons. The highest BCUT2D eigenvalue weighted by Crippen LogP contribution is 2.38. The van der Waals surface area contributed by atoms with Crippen LogP contribution in [0.3, 0.4) is 0 Å². The number of fused-ring (bicyclic) bond motifs is 1. The Balaban J connectivity index is 1.77. The van der Waals surface area contributed by atoms with Crippen LogP contribution in [0.25, 0.3) is 0 Å². The Hall–Kier alpha value is -0.670. The van der Waals surface area contributed by atoms with Crippen molar-refractivity contribution in [3.63, 3.8) is 0 Å². The van der Waals surface area contributed by atoms with Gasteiger partial charge in [-0.1, -0.05) is 25.1 Å². The van der Waals surface area contributed by atoms with Crippen molar-refractivity contribution < 1.29 is 4.74 Å². The van der Waals surface area contributed by atoms with Crippen LogP contribution in [-0.2, 0) is 6.42 Å². The molecule has 0 saturated carbocycles. The van der Waals surface area contributed by atoms with E-state index in [4.69, 9.17) is 4.74 Å². The van der Waals surface area contributed by atoms with Gasteiger partial charge in [-0.15, -0.1) is 0 Å². The summed E-state index contributed by atoms with van der Waals surface area (Å²) < 4.78 is 5.90. The fourth-order valence-corrected chi connectivity index (χ4v) is 4.60. The highest BCUT2D eigenvalue weighted by molar-refractivity contribution is 7.99. The van der Waals surface area contributed by atoms with Gasteiger partial charge in [0.25, 0.3) is 0 Å². The van der Waals surface area contributed by atoms with Crippen LogP contribution in [0.1, 0.15) is 43.4 Å². The lowest BCUT2D eigenvalue weighted by atomic mass is 9.89. The standard InChI is InChI=1S/C17H25NOS/c1-2-18-16(12-13-7-10-20-11-8-13)15-5-3-4-14-6-9-19-17(14)15/h3-5,13,16,18H,2,6-12H2,1H3. The van der Waals surface area contributed by atoms with E-state index in [0.29, 0.717) is 6.04 Å². The van der Waals surface area contributed by atoms with Crippen molar-refractivity contribution in [1.29, 1.82) is 0 Å². The van der Waals surface area contributed by atoms with Crippen LogP contribution in [0.2, 0.25) is 0 Å². The Labute approximate surface area is 126 Å². The Kier molecular flexibility index (Phi) is 4.90. The maximum absolute atomic E-state index is 5.90. The van der Waals surface area contributed by atoms with E-state index < -0.39 is 0 Å². The Morgan fingerprint density at radius 3 is 3.00 bits per heavy atom. The van der Waals surface area contributed by atoms with Crippen LogP contribution in [-0.4, -0.2) is 24.7 Å². The molecule has 1 unspecified atom stereocenters. The number of ether oxygens (including phenoxy) is 1. The van der Waals surface area contributed by atoms with E-state index in [1.54, 1.807) is 0 Å². The largest absolute Gasteiger partial charge is 0.493 e. The number of hydrogen-bond acceptors (Lipinski definition) is 3. The van der Waals surface area contributed by atoms with Gasteiger partial charge in [0.2, 0.25) is 0 Å². The molecule has 2 aliphatic heterocycles. The van der Waals surface area contributed by atoms with Crippen molar-refractivity contribution in [2.24, 2.45) is 5.92 Å². The Morgan fingerprint density at radius 2 is 2.20 bits per heavy atom. The third-order valence-corrected chi connectivity index (χ3v) is 5.53. The normalized spacial score (nSPS) is 20.4. The van der Waals surface area contributed by atoms with E-state index in [1.807, 2.05) is 0 Å². The number of hydrogen-bond donors (Lipinski definition) is 1. The molecule has 1 aromatic carbocycles. The predicted octanol–water partition coefficient (Wildman–Crippen LogP) is 3.81. The van der Waals surface area contributed by atoms with Crippen LogP contribution in [0.5, 0.6) is 5.75 Å². The molecule has 2 nitrogen and oxygen atoms in total. The lowest BCUT2D eigenvalue weighted by Gasteiger charge is -2.28. The maximum atomic E-state index is 5.90. The Morgan fingerprint density at radius 1 is 1.35 bits per heavy atom. The Bertz CT molecular complexity index is 443. The lowest BCUT2D eigenvalue weighted by Crippen LogP contribution is -2.25. The minimum atomic E-state index is 0.459. The molecule has 2 aliphatic rings. The molecule has 1 atom stereocenters.